The molecule has 7 heteroatoms. The molecule has 2 aromatic carbocycles. The lowest BCUT2D eigenvalue weighted by molar-refractivity contribution is 0.381. The predicted molar refractivity (Wildman–Crippen MR) is 76.7 cm³/mol. The number of hydrogen-bond acceptors (Lipinski definition) is 4. The van der Waals surface area contributed by atoms with Gasteiger partial charge in [0.1, 0.15) is 5.75 Å². The minimum Gasteiger partial charge on any atom is -0.508 e. The molecule has 108 valence electrons. The van der Waals surface area contributed by atoms with Gasteiger partial charge in [-0.3, -0.25) is 9.11 Å². The fourth-order valence-electron chi connectivity index (χ4n) is 1.45. The van der Waals surface area contributed by atoms with Gasteiger partial charge in [0.15, 0.2) is 0 Å². The van der Waals surface area contributed by atoms with Crippen molar-refractivity contribution in [3.05, 3.63) is 54.1 Å². The number of aromatic hydroxyl groups is 1. The second-order valence-electron chi connectivity index (χ2n) is 3.94. The summed E-state index contributed by atoms with van der Waals surface area (Å²) < 4.78 is 31.6. The smallest absolute Gasteiger partial charge is 0.394 e. The van der Waals surface area contributed by atoms with Crippen LogP contribution in [0.5, 0.6) is 5.75 Å². The molecular weight excluding hydrogens is 282 g/mol. The third-order valence-electron chi connectivity index (χ3n) is 2.27. The topological polar surface area (TPSA) is 107 Å². The summed E-state index contributed by atoms with van der Waals surface area (Å²) >= 11 is 0. The maximum absolute atomic E-state index is 9.32. The van der Waals surface area contributed by atoms with E-state index in [1.54, 1.807) is 12.1 Å². The van der Waals surface area contributed by atoms with Gasteiger partial charge in [0.25, 0.3) is 0 Å². The molecule has 0 spiro atoms. The van der Waals surface area contributed by atoms with Crippen molar-refractivity contribution in [2.24, 2.45) is 0 Å². The minimum absolute atomic E-state index is 0.272. The fourth-order valence-corrected chi connectivity index (χ4v) is 1.45. The molecule has 2 rings (SSSR count). The minimum atomic E-state index is -4.67. The number of benzene rings is 2. The first-order chi connectivity index (χ1) is 9.25. The van der Waals surface area contributed by atoms with Crippen LogP contribution in [0.15, 0.2) is 48.5 Å². The van der Waals surface area contributed by atoms with E-state index in [0.717, 1.165) is 11.4 Å². The van der Waals surface area contributed by atoms with Crippen LogP contribution < -0.4 is 5.32 Å². The number of hydrogen-bond donors (Lipinski definition) is 4. The van der Waals surface area contributed by atoms with E-state index in [2.05, 4.69) is 5.32 Å². The Bertz CT molecular complexity index is 662. The summed E-state index contributed by atoms with van der Waals surface area (Å²) in [6, 6.07) is 15.1. The highest BCUT2D eigenvalue weighted by atomic mass is 32.3. The van der Waals surface area contributed by atoms with Crippen molar-refractivity contribution in [1.82, 2.24) is 0 Å². The Hall–Kier alpha value is -2.09. The Kier molecular flexibility index (Phi) is 5.51. The van der Waals surface area contributed by atoms with Crippen molar-refractivity contribution < 1.29 is 22.6 Å². The van der Waals surface area contributed by atoms with E-state index < -0.39 is 10.4 Å². The number of rotatable bonds is 2. The molecule has 0 saturated carbocycles. The molecule has 0 fully saturated rings. The van der Waals surface area contributed by atoms with Gasteiger partial charge < -0.3 is 10.4 Å². The zero-order valence-electron chi connectivity index (χ0n) is 10.7. The average Bonchev–Trinajstić information content (AvgIpc) is 2.30. The number of anilines is 2. The number of para-hydroxylation sites is 1. The molecule has 0 bridgehead atoms. The van der Waals surface area contributed by atoms with Gasteiger partial charge in [-0.2, -0.15) is 8.42 Å². The van der Waals surface area contributed by atoms with Crippen molar-refractivity contribution >= 4 is 21.8 Å². The molecule has 0 aliphatic heterocycles. The molecule has 0 aromatic heterocycles. The van der Waals surface area contributed by atoms with E-state index in [1.165, 1.54) is 5.56 Å². The third kappa shape index (κ3) is 6.74. The van der Waals surface area contributed by atoms with Crippen LogP contribution in [0.4, 0.5) is 11.4 Å². The Morgan fingerprint density at radius 2 is 1.60 bits per heavy atom. The molecule has 0 radical (unpaired) electrons. The number of aryl methyl sites for hydroxylation is 1. The van der Waals surface area contributed by atoms with Gasteiger partial charge in [-0.05, 0) is 30.7 Å². The summed E-state index contributed by atoms with van der Waals surface area (Å²) in [4.78, 5) is 0. The average molecular weight is 297 g/mol. The summed E-state index contributed by atoms with van der Waals surface area (Å²) in [5.74, 6) is 0.272. The molecule has 0 atom stereocenters. The van der Waals surface area contributed by atoms with Gasteiger partial charge in [0, 0.05) is 17.4 Å². The lowest BCUT2D eigenvalue weighted by atomic mass is 10.2. The maximum atomic E-state index is 9.32. The summed E-state index contributed by atoms with van der Waals surface area (Å²) in [5.41, 5.74) is 3.13. The van der Waals surface area contributed by atoms with Crippen molar-refractivity contribution in [2.45, 2.75) is 6.92 Å². The molecule has 0 heterocycles. The van der Waals surface area contributed by atoms with Crippen LogP contribution in [-0.2, 0) is 10.4 Å². The number of phenols is 1. The second-order valence-corrected chi connectivity index (χ2v) is 4.83. The van der Waals surface area contributed by atoms with E-state index in [4.69, 9.17) is 17.5 Å². The molecule has 0 unspecified atom stereocenters. The van der Waals surface area contributed by atoms with Crippen LogP contribution >= 0.6 is 0 Å². The second kappa shape index (κ2) is 6.90. The standard InChI is InChI=1S/C13H13NO.H2O4S/c1-10-5-2-3-8-13(10)14-11-6-4-7-12(15)9-11;1-5(2,3)4/h2-9,14-15H,1H3;(H2,1,2,3,4). The van der Waals surface area contributed by atoms with Crippen molar-refractivity contribution in [2.75, 3.05) is 5.32 Å². The van der Waals surface area contributed by atoms with E-state index >= 15 is 0 Å². The quantitative estimate of drug-likeness (QED) is 0.635. The Labute approximate surface area is 117 Å². The van der Waals surface area contributed by atoms with Gasteiger partial charge in [0.05, 0.1) is 0 Å². The Morgan fingerprint density at radius 3 is 2.15 bits per heavy atom. The monoisotopic (exact) mass is 297 g/mol. The lowest BCUT2D eigenvalue weighted by Gasteiger charge is -2.09. The van der Waals surface area contributed by atoms with Gasteiger partial charge in [-0.25, -0.2) is 0 Å². The largest absolute Gasteiger partial charge is 0.508 e. The summed E-state index contributed by atoms with van der Waals surface area (Å²) in [6.45, 7) is 2.05. The molecule has 6 nitrogen and oxygen atoms in total. The molecule has 0 saturated heterocycles. The Balaban J connectivity index is 0.000000347. The van der Waals surface area contributed by atoms with E-state index in [-0.39, 0.29) is 5.75 Å². The zero-order chi connectivity index (χ0) is 15.2. The van der Waals surface area contributed by atoms with Crippen molar-refractivity contribution in [1.29, 1.82) is 0 Å². The molecule has 0 aliphatic rings. The maximum Gasteiger partial charge on any atom is 0.394 e. The van der Waals surface area contributed by atoms with Gasteiger partial charge in [-0.1, -0.05) is 24.3 Å². The Morgan fingerprint density at radius 1 is 1.00 bits per heavy atom. The fraction of sp³-hybridized carbons (Fsp3) is 0.0769. The predicted octanol–water partition coefficient (Wildman–Crippen LogP) is 2.79. The highest BCUT2D eigenvalue weighted by Crippen LogP contribution is 2.22. The number of phenolic OH excluding ortho intramolecular Hbond substituents is 1. The van der Waals surface area contributed by atoms with Crippen LogP contribution in [0.25, 0.3) is 0 Å². The van der Waals surface area contributed by atoms with E-state index in [9.17, 15) is 5.11 Å². The van der Waals surface area contributed by atoms with Crippen LogP contribution in [0.1, 0.15) is 5.56 Å². The van der Waals surface area contributed by atoms with Gasteiger partial charge in [0.2, 0.25) is 0 Å². The molecule has 20 heavy (non-hydrogen) atoms. The molecule has 4 N–H and O–H groups in total. The summed E-state index contributed by atoms with van der Waals surface area (Å²) in [6.07, 6.45) is 0. The highest BCUT2D eigenvalue weighted by molar-refractivity contribution is 7.79. The zero-order valence-corrected chi connectivity index (χ0v) is 11.5. The number of nitrogens with one attached hydrogen (secondary N) is 1. The first-order valence-electron chi connectivity index (χ1n) is 5.57. The first kappa shape index (κ1) is 16.0. The highest BCUT2D eigenvalue weighted by Gasteiger charge is 1.97. The molecule has 0 amide bonds. The SMILES string of the molecule is Cc1ccccc1Nc1cccc(O)c1.O=S(=O)(O)O. The first-order valence-corrected chi connectivity index (χ1v) is 6.97. The van der Waals surface area contributed by atoms with E-state index in [0.29, 0.717) is 0 Å². The van der Waals surface area contributed by atoms with Crippen molar-refractivity contribution in [3.8, 4) is 5.75 Å². The molecule has 0 aliphatic carbocycles. The van der Waals surface area contributed by atoms with Crippen molar-refractivity contribution in [3.63, 3.8) is 0 Å². The third-order valence-corrected chi connectivity index (χ3v) is 2.27. The van der Waals surface area contributed by atoms with Crippen LogP contribution in [0.2, 0.25) is 0 Å². The molecule has 2 aromatic rings. The lowest BCUT2D eigenvalue weighted by Crippen LogP contribution is -1.91. The van der Waals surface area contributed by atoms with Gasteiger partial charge >= 0.3 is 10.4 Å². The van der Waals surface area contributed by atoms with E-state index in [1.807, 2.05) is 43.3 Å². The van der Waals surface area contributed by atoms with Crippen LogP contribution in [0.3, 0.4) is 0 Å². The van der Waals surface area contributed by atoms with Gasteiger partial charge in [-0.15, -0.1) is 0 Å². The summed E-state index contributed by atoms with van der Waals surface area (Å²) in [7, 11) is -4.67. The van der Waals surface area contributed by atoms with Crippen LogP contribution in [0, 0.1) is 6.92 Å². The normalized spacial score (nSPS) is 10.3. The summed E-state index contributed by atoms with van der Waals surface area (Å²) in [5, 5.41) is 12.6. The van der Waals surface area contributed by atoms with Crippen LogP contribution in [-0.4, -0.2) is 22.6 Å². The molecular formula is C13H15NO5S.